The summed E-state index contributed by atoms with van der Waals surface area (Å²) in [6.45, 7) is 0.920. The van der Waals surface area contributed by atoms with Crippen LogP contribution in [0.15, 0.2) is 62.5 Å². The van der Waals surface area contributed by atoms with Crippen molar-refractivity contribution in [3.05, 3.63) is 75.0 Å². The first-order valence-electron chi connectivity index (χ1n) is 9.30. The summed E-state index contributed by atoms with van der Waals surface area (Å²) < 4.78 is 10.4. The van der Waals surface area contributed by atoms with Gasteiger partial charge in [0.05, 0.1) is 17.6 Å². The lowest BCUT2D eigenvalue weighted by Gasteiger charge is -2.04. The predicted molar refractivity (Wildman–Crippen MR) is 111 cm³/mol. The minimum absolute atomic E-state index is 0.0637. The van der Waals surface area contributed by atoms with Crippen molar-refractivity contribution in [1.82, 2.24) is 9.88 Å². The number of ether oxygens (including phenoxy) is 1. The second-order valence-electron chi connectivity index (χ2n) is 6.15. The third-order valence-corrected chi connectivity index (χ3v) is 3.92. The van der Waals surface area contributed by atoms with Gasteiger partial charge in [-0.3, -0.25) is 19.2 Å². The van der Waals surface area contributed by atoms with Gasteiger partial charge in [-0.1, -0.05) is 24.3 Å². The van der Waals surface area contributed by atoms with Gasteiger partial charge in [0.1, 0.15) is 24.4 Å². The number of fused-ring (bicyclic) bond motifs is 1. The molecule has 0 aliphatic rings. The van der Waals surface area contributed by atoms with Crippen molar-refractivity contribution in [2.24, 2.45) is 0 Å². The molecule has 0 radical (unpaired) electrons. The van der Waals surface area contributed by atoms with Crippen molar-refractivity contribution in [2.45, 2.75) is 13.5 Å². The van der Waals surface area contributed by atoms with Gasteiger partial charge in [0, 0.05) is 0 Å². The molecule has 1 aromatic heterocycles. The van der Waals surface area contributed by atoms with E-state index >= 15 is 0 Å². The Balaban J connectivity index is 0.000000235. The van der Waals surface area contributed by atoms with Gasteiger partial charge in [0.15, 0.2) is 0 Å². The molecule has 11 nitrogen and oxygen atoms in total. The second-order valence-corrected chi connectivity index (χ2v) is 6.15. The fraction of sp³-hybridized carbons (Fsp3) is 0.190. The fourth-order valence-corrected chi connectivity index (χ4v) is 2.50. The van der Waals surface area contributed by atoms with Crippen molar-refractivity contribution < 1.29 is 33.8 Å². The number of rotatable bonds is 6. The highest BCUT2D eigenvalue weighted by Crippen LogP contribution is 2.14. The number of benzene rings is 2. The molecule has 3 rings (SSSR count). The molecule has 0 fully saturated rings. The maximum atomic E-state index is 12.0. The highest BCUT2D eigenvalue weighted by atomic mass is 16.5. The number of nitrogens with one attached hydrogen (secondary N) is 1. The number of carbonyl (C=O) groups is 3. The van der Waals surface area contributed by atoms with E-state index in [2.05, 4.69) is 10.1 Å². The van der Waals surface area contributed by atoms with Crippen molar-refractivity contribution >= 4 is 28.8 Å². The van der Waals surface area contributed by atoms with Gasteiger partial charge in [-0.15, -0.1) is 0 Å². The number of phenolic OH excluding ortho intramolecular Hbond substituents is 1. The molecule has 0 saturated heterocycles. The maximum absolute atomic E-state index is 12.0. The molecule has 0 spiro atoms. The zero-order valence-electron chi connectivity index (χ0n) is 16.9. The molecular formula is C21H20N2O9. The number of carboxylic acid groups (broad SMARTS) is 1. The van der Waals surface area contributed by atoms with E-state index in [0.717, 1.165) is 4.57 Å². The van der Waals surface area contributed by atoms with Crippen LogP contribution in [-0.2, 0) is 20.9 Å². The number of aromatic nitrogens is 1. The lowest BCUT2D eigenvalue weighted by atomic mass is 10.2. The Labute approximate surface area is 180 Å². The lowest BCUT2D eigenvalue weighted by molar-refractivity contribution is -0.144. The van der Waals surface area contributed by atoms with E-state index in [1.807, 2.05) is 0 Å². The van der Waals surface area contributed by atoms with Crippen LogP contribution in [0.1, 0.15) is 17.3 Å². The SMILES string of the molecule is CCOC(=O)Cn1c(=O)oc2ccccc2c1=O.O=C(O)CNC(=O)c1ccccc1O. The molecule has 0 bridgehead atoms. The topological polar surface area (TPSA) is 165 Å². The van der Waals surface area contributed by atoms with Gasteiger partial charge in [-0.2, -0.15) is 0 Å². The van der Waals surface area contributed by atoms with Crippen LogP contribution < -0.4 is 16.6 Å². The van der Waals surface area contributed by atoms with Crippen LogP contribution in [0.2, 0.25) is 0 Å². The Kier molecular flexibility index (Phi) is 8.29. The number of phenols is 1. The van der Waals surface area contributed by atoms with E-state index in [1.165, 1.54) is 24.3 Å². The molecule has 0 atom stereocenters. The van der Waals surface area contributed by atoms with E-state index in [-0.39, 0.29) is 28.9 Å². The molecule has 3 N–H and O–H groups in total. The number of nitrogens with zero attached hydrogens (tertiary/aromatic N) is 1. The molecule has 0 unspecified atom stereocenters. The summed E-state index contributed by atoms with van der Waals surface area (Å²) in [6.07, 6.45) is 0. The molecule has 2 aromatic carbocycles. The Morgan fingerprint density at radius 3 is 2.38 bits per heavy atom. The van der Waals surface area contributed by atoms with Crippen LogP contribution in [0.25, 0.3) is 11.0 Å². The van der Waals surface area contributed by atoms with Crippen LogP contribution in [0.3, 0.4) is 0 Å². The number of hydrogen-bond donors (Lipinski definition) is 3. The number of para-hydroxylation sites is 2. The predicted octanol–water partition coefficient (Wildman–Crippen LogP) is 0.724. The molecule has 11 heteroatoms. The van der Waals surface area contributed by atoms with Gasteiger partial charge in [0.2, 0.25) is 0 Å². The van der Waals surface area contributed by atoms with E-state index in [1.54, 1.807) is 31.2 Å². The van der Waals surface area contributed by atoms with Crippen LogP contribution in [0, 0.1) is 0 Å². The van der Waals surface area contributed by atoms with E-state index in [9.17, 15) is 29.1 Å². The van der Waals surface area contributed by atoms with E-state index < -0.39 is 42.3 Å². The largest absolute Gasteiger partial charge is 0.507 e. The fourth-order valence-electron chi connectivity index (χ4n) is 2.50. The minimum atomic E-state index is -1.13. The van der Waals surface area contributed by atoms with E-state index in [4.69, 9.17) is 9.52 Å². The Morgan fingerprint density at radius 2 is 1.72 bits per heavy atom. The summed E-state index contributed by atoms with van der Waals surface area (Å²) in [5.41, 5.74) is -0.295. The quantitative estimate of drug-likeness (QED) is 0.465. The van der Waals surface area contributed by atoms with Crippen LogP contribution in [-0.4, -0.2) is 45.8 Å². The first-order chi connectivity index (χ1) is 15.2. The third kappa shape index (κ3) is 6.29. The lowest BCUT2D eigenvalue weighted by Crippen LogP contribution is -2.35. The second kappa shape index (κ2) is 11.1. The van der Waals surface area contributed by atoms with Crippen molar-refractivity contribution in [2.75, 3.05) is 13.2 Å². The molecule has 0 saturated carbocycles. The van der Waals surface area contributed by atoms with Crippen LogP contribution in [0.5, 0.6) is 5.75 Å². The highest BCUT2D eigenvalue weighted by molar-refractivity contribution is 5.98. The van der Waals surface area contributed by atoms with Gasteiger partial charge in [-0.25, -0.2) is 9.36 Å². The molecule has 1 heterocycles. The van der Waals surface area contributed by atoms with Gasteiger partial charge in [0.25, 0.3) is 11.5 Å². The van der Waals surface area contributed by atoms with Crippen molar-refractivity contribution in [3.63, 3.8) is 0 Å². The molecule has 1 amide bonds. The summed E-state index contributed by atoms with van der Waals surface area (Å²) in [6, 6.07) is 12.3. The molecular weight excluding hydrogens is 424 g/mol. The normalized spacial score (nSPS) is 10.0. The van der Waals surface area contributed by atoms with E-state index in [0.29, 0.717) is 0 Å². The molecule has 0 aliphatic carbocycles. The number of hydrogen-bond acceptors (Lipinski definition) is 8. The monoisotopic (exact) mass is 444 g/mol. The molecule has 3 aromatic rings. The average molecular weight is 444 g/mol. The number of esters is 1. The smallest absolute Gasteiger partial charge is 0.422 e. The zero-order valence-corrected chi connectivity index (χ0v) is 16.9. The van der Waals surface area contributed by atoms with Crippen molar-refractivity contribution in [3.8, 4) is 5.75 Å². The number of aliphatic carboxylic acids is 1. The summed E-state index contributed by atoms with van der Waals surface area (Å²) >= 11 is 0. The van der Waals surface area contributed by atoms with Gasteiger partial charge in [-0.05, 0) is 31.2 Å². The standard InChI is InChI=1S/C12H11NO5.C9H9NO4/c1-2-17-10(14)7-13-11(15)8-5-3-4-6-9(8)18-12(13)16;11-7-4-2-1-3-6(7)9(14)10-5-8(12)13/h3-6H,2,7H2,1H3;1-4,11H,5H2,(H,10,14)(H,12,13). The average Bonchev–Trinajstić information content (AvgIpc) is 2.76. The Hall–Kier alpha value is -4.41. The zero-order chi connectivity index (χ0) is 23.7. The Bertz CT molecular complexity index is 1240. The first-order valence-corrected chi connectivity index (χ1v) is 9.30. The first kappa shape index (κ1) is 23.9. The van der Waals surface area contributed by atoms with Crippen molar-refractivity contribution in [1.29, 1.82) is 0 Å². The highest BCUT2D eigenvalue weighted by Gasteiger charge is 2.13. The van der Waals surface area contributed by atoms with Crippen LogP contribution in [0.4, 0.5) is 0 Å². The molecule has 168 valence electrons. The summed E-state index contributed by atoms with van der Waals surface area (Å²) in [5, 5.41) is 19.9. The van der Waals surface area contributed by atoms with Gasteiger partial charge < -0.3 is 24.7 Å². The number of carboxylic acids is 1. The summed E-state index contributed by atoms with van der Waals surface area (Å²) in [5.74, 6) is -3.43. The maximum Gasteiger partial charge on any atom is 0.422 e. The number of aromatic hydroxyl groups is 1. The van der Waals surface area contributed by atoms with Gasteiger partial charge >= 0.3 is 17.7 Å². The van der Waals surface area contributed by atoms with Crippen LogP contribution >= 0.6 is 0 Å². The summed E-state index contributed by atoms with van der Waals surface area (Å²) in [7, 11) is 0. The number of carbonyl (C=O) groups excluding carboxylic acids is 2. The third-order valence-electron chi connectivity index (χ3n) is 3.92. The molecule has 0 aliphatic heterocycles. The summed E-state index contributed by atoms with van der Waals surface area (Å²) in [4.78, 5) is 56.2. The molecule has 32 heavy (non-hydrogen) atoms. The Morgan fingerprint density at radius 1 is 1.06 bits per heavy atom. The number of amides is 1. The minimum Gasteiger partial charge on any atom is -0.507 e.